The second-order valence-corrected chi connectivity index (χ2v) is 6.59. The Bertz CT molecular complexity index is 863. The maximum absolute atomic E-state index is 12.5. The van der Waals surface area contributed by atoms with Crippen molar-refractivity contribution < 1.29 is 19.2 Å². The molecule has 0 radical (unpaired) electrons. The number of amides is 1. The van der Waals surface area contributed by atoms with Gasteiger partial charge in [0.25, 0.3) is 11.6 Å². The molecule has 1 saturated heterocycles. The first-order chi connectivity index (χ1) is 13.5. The van der Waals surface area contributed by atoms with Crippen molar-refractivity contribution in [1.82, 2.24) is 4.90 Å². The summed E-state index contributed by atoms with van der Waals surface area (Å²) in [6.07, 6.45) is 0. The van der Waals surface area contributed by atoms with Crippen LogP contribution in [0, 0.1) is 17.0 Å². The number of aryl methyl sites for hydroxylation is 1. The summed E-state index contributed by atoms with van der Waals surface area (Å²) >= 11 is 0. The highest BCUT2D eigenvalue weighted by Crippen LogP contribution is 2.31. The lowest BCUT2D eigenvalue weighted by atomic mass is 10.2. The van der Waals surface area contributed by atoms with Crippen LogP contribution in [0.1, 0.15) is 5.56 Å². The Kier molecular flexibility index (Phi) is 5.98. The van der Waals surface area contributed by atoms with E-state index in [4.69, 9.17) is 9.47 Å². The number of carbonyl (C=O) groups excluding carboxylic acids is 1. The molecule has 2 aromatic rings. The minimum Gasteiger partial charge on any atom is -0.493 e. The molecule has 28 heavy (non-hydrogen) atoms. The van der Waals surface area contributed by atoms with Gasteiger partial charge in [0.05, 0.1) is 18.1 Å². The molecule has 0 N–H and O–H groups in total. The number of benzene rings is 2. The van der Waals surface area contributed by atoms with Gasteiger partial charge in [-0.15, -0.1) is 0 Å². The summed E-state index contributed by atoms with van der Waals surface area (Å²) in [4.78, 5) is 26.8. The summed E-state index contributed by atoms with van der Waals surface area (Å²) in [5, 5.41) is 10.8. The standard InChI is InChI=1S/C20H23N3O5/c1-15-4-3-5-16(12-15)21-8-10-22(11-9-21)20(24)14-28-18-7-6-17(23(25)26)13-19(18)27-2/h3-7,12-13H,8-11,14H2,1-2H3. The van der Waals surface area contributed by atoms with Crippen LogP contribution in [0.5, 0.6) is 11.5 Å². The highest BCUT2D eigenvalue weighted by atomic mass is 16.6. The van der Waals surface area contributed by atoms with Gasteiger partial charge in [0.15, 0.2) is 18.1 Å². The third-order valence-electron chi connectivity index (χ3n) is 4.71. The molecule has 0 spiro atoms. The number of non-ortho nitro benzene ring substituents is 1. The second-order valence-electron chi connectivity index (χ2n) is 6.59. The molecular weight excluding hydrogens is 362 g/mol. The van der Waals surface area contributed by atoms with Gasteiger partial charge in [0.1, 0.15) is 0 Å². The molecule has 0 atom stereocenters. The molecule has 0 aliphatic carbocycles. The zero-order valence-electron chi connectivity index (χ0n) is 16.0. The Morgan fingerprint density at radius 2 is 1.86 bits per heavy atom. The molecule has 3 rings (SSSR count). The van der Waals surface area contributed by atoms with Gasteiger partial charge < -0.3 is 19.3 Å². The number of methoxy groups -OCH3 is 1. The zero-order chi connectivity index (χ0) is 20.1. The van der Waals surface area contributed by atoms with Crippen LogP contribution in [0.3, 0.4) is 0 Å². The Hall–Kier alpha value is -3.29. The molecule has 0 bridgehead atoms. The highest BCUT2D eigenvalue weighted by Gasteiger charge is 2.22. The van der Waals surface area contributed by atoms with Crippen LogP contribution in [-0.4, -0.2) is 55.6 Å². The van der Waals surface area contributed by atoms with Gasteiger partial charge >= 0.3 is 0 Å². The van der Waals surface area contributed by atoms with Crippen LogP contribution in [0.2, 0.25) is 0 Å². The lowest BCUT2D eigenvalue weighted by molar-refractivity contribution is -0.384. The van der Waals surface area contributed by atoms with Crippen LogP contribution in [0.4, 0.5) is 11.4 Å². The van der Waals surface area contributed by atoms with Crippen molar-refractivity contribution in [3.05, 3.63) is 58.1 Å². The maximum atomic E-state index is 12.5. The van der Waals surface area contributed by atoms with Gasteiger partial charge in [-0.3, -0.25) is 14.9 Å². The Balaban J connectivity index is 1.54. The van der Waals surface area contributed by atoms with Crippen molar-refractivity contribution in [2.24, 2.45) is 0 Å². The fourth-order valence-electron chi connectivity index (χ4n) is 3.16. The van der Waals surface area contributed by atoms with E-state index in [-0.39, 0.29) is 24.0 Å². The first-order valence-electron chi connectivity index (χ1n) is 9.02. The predicted molar refractivity (Wildman–Crippen MR) is 105 cm³/mol. The van der Waals surface area contributed by atoms with E-state index in [1.54, 1.807) is 4.90 Å². The van der Waals surface area contributed by atoms with Gasteiger partial charge in [-0.2, -0.15) is 0 Å². The van der Waals surface area contributed by atoms with E-state index in [0.717, 1.165) is 13.1 Å². The van der Waals surface area contributed by atoms with E-state index >= 15 is 0 Å². The number of piperazine rings is 1. The topological polar surface area (TPSA) is 85.2 Å². The largest absolute Gasteiger partial charge is 0.493 e. The summed E-state index contributed by atoms with van der Waals surface area (Å²) in [5.41, 5.74) is 2.28. The molecule has 1 fully saturated rings. The minimum absolute atomic E-state index is 0.0946. The highest BCUT2D eigenvalue weighted by molar-refractivity contribution is 5.78. The fraction of sp³-hybridized carbons (Fsp3) is 0.350. The van der Waals surface area contributed by atoms with Crippen molar-refractivity contribution in [2.75, 3.05) is 44.8 Å². The van der Waals surface area contributed by atoms with E-state index in [2.05, 4.69) is 30.0 Å². The molecule has 0 saturated carbocycles. The molecule has 8 nitrogen and oxygen atoms in total. The van der Waals surface area contributed by atoms with Crippen LogP contribution in [0.15, 0.2) is 42.5 Å². The number of hydrogen-bond acceptors (Lipinski definition) is 6. The first kappa shape index (κ1) is 19.5. The normalized spacial score (nSPS) is 13.9. The average Bonchev–Trinajstić information content (AvgIpc) is 2.72. The summed E-state index contributed by atoms with van der Waals surface area (Å²) in [6, 6.07) is 12.4. The van der Waals surface area contributed by atoms with Gasteiger partial charge in [0.2, 0.25) is 0 Å². The minimum atomic E-state index is -0.509. The molecule has 8 heteroatoms. The number of rotatable bonds is 6. The number of ether oxygens (including phenoxy) is 2. The monoisotopic (exact) mass is 385 g/mol. The summed E-state index contributed by atoms with van der Waals surface area (Å²) in [7, 11) is 1.40. The number of nitrogens with zero attached hydrogens (tertiary/aromatic N) is 3. The molecule has 1 aliphatic rings. The summed E-state index contributed by atoms with van der Waals surface area (Å²) in [6.45, 7) is 4.68. The second kappa shape index (κ2) is 8.60. The van der Waals surface area contributed by atoms with Crippen LogP contribution < -0.4 is 14.4 Å². The smallest absolute Gasteiger partial charge is 0.273 e. The molecule has 1 amide bonds. The molecular formula is C20H23N3O5. The molecule has 1 aliphatic heterocycles. The molecule has 148 valence electrons. The molecule has 1 heterocycles. The van der Waals surface area contributed by atoms with Gasteiger partial charge in [0, 0.05) is 37.9 Å². The summed E-state index contributed by atoms with van der Waals surface area (Å²) in [5.74, 6) is 0.412. The van der Waals surface area contributed by atoms with Crippen molar-refractivity contribution in [3.63, 3.8) is 0 Å². The lowest BCUT2D eigenvalue weighted by Crippen LogP contribution is -2.50. The van der Waals surface area contributed by atoms with Gasteiger partial charge in [-0.1, -0.05) is 12.1 Å². The van der Waals surface area contributed by atoms with Crippen molar-refractivity contribution in [3.8, 4) is 11.5 Å². The zero-order valence-corrected chi connectivity index (χ0v) is 16.0. The third-order valence-corrected chi connectivity index (χ3v) is 4.71. The summed E-state index contributed by atoms with van der Waals surface area (Å²) < 4.78 is 10.7. The SMILES string of the molecule is COc1cc([N+](=O)[O-])ccc1OCC(=O)N1CCN(c2cccc(C)c2)CC1. The van der Waals surface area contributed by atoms with Crippen LogP contribution >= 0.6 is 0 Å². The number of nitro groups is 1. The van der Waals surface area contributed by atoms with Crippen LogP contribution in [0.25, 0.3) is 0 Å². The van der Waals surface area contributed by atoms with Crippen molar-refractivity contribution in [1.29, 1.82) is 0 Å². The predicted octanol–water partition coefficient (Wildman–Crippen LogP) is 2.64. The first-order valence-corrected chi connectivity index (χ1v) is 9.02. The van der Waals surface area contributed by atoms with E-state index in [1.807, 2.05) is 6.07 Å². The number of nitro benzene ring substituents is 1. The van der Waals surface area contributed by atoms with E-state index in [0.29, 0.717) is 18.8 Å². The molecule has 0 unspecified atom stereocenters. The van der Waals surface area contributed by atoms with Gasteiger partial charge in [-0.25, -0.2) is 0 Å². The fourth-order valence-corrected chi connectivity index (χ4v) is 3.16. The Labute approximate surface area is 163 Å². The lowest BCUT2D eigenvalue weighted by Gasteiger charge is -2.36. The maximum Gasteiger partial charge on any atom is 0.273 e. The van der Waals surface area contributed by atoms with Crippen LogP contribution in [-0.2, 0) is 4.79 Å². The van der Waals surface area contributed by atoms with Crippen molar-refractivity contribution in [2.45, 2.75) is 6.92 Å². The number of hydrogen-bond donors (Lipinski definition) is 0. The number of carbonyl (C=O) groups is 1. The van der Waals surface area contributed by atoms with E-state index in [1.165, 1.54) is 36.6 Å². The van der Waals surface area contributed by atoms with E-state index < -0.39 is 4.92 Å². The Morgan fingerprint density at radius 3 is 2.50 bits per heavy atom. The third kappa shape index (κ3) is 4.51. The average molecular weight is 385 g/mol. The molecule has 2 aromatic carbocycles. The number of anilines is 1. The Morgan fingerprint density at radius 1 is 1.11 bits per heavy atom. The van der Waals surface area contributed by atoms with Crippen molar-refractivity contribution >= 4 is 17.3 Å². The quantitative estimate of drug-likeness (QED) is 0.561. The molecule has 0 aromatic heterocycles. The van der Waals surface area contributed by atoms with E-state index in [9.17, 15) is 14.9 Å². The van der Waals surface area contributed by atoms with Gasteiger partial charge in [-0.05, 0) is 30.7 Å².